The number of nitrogens with one attached hydrogen (secondary N) is 1. The van der Waals surface area contributed by atoms with Crippen LogP contribution in [-0.4, -0.2) is 68.2 Å². The molecule has 0 spiro atoms. The maximum absolute atomic E-state index is 5.98. The summed E-state index contributed by atoms with van der Waals surface area (Å²) in [5, 5.41) is 3.11. The highest BCUT2D eigenvalue weighted by atomic mass is 127. The molecule has 1 atom stereocenters. The molecule has 6 nitrogen and oxygen atoms in total. The molecule has 136 valence electrons. The van der Waals surface area contributed by atoms with E-state index in [4.69, 9.17) is 10.5 Å². The van der Waals surface area contributed by atoms with Crippen LogP contribution in [0.5, 0.6) is 5.75 Å². The van der Waals surface area contributed by atoms with Crippen molar-refractivity contribution < 1.29 is 4.74 Å². The molecule has 1 unspecified atom stereocenters. The second-order valence-electron chi connectivity index (χ2n) is 5.90. The number of rotatable bonds is 6. The van der Waals surface area contributed by atoms with Crippen LogP contribution in [0, 0.1) is 0 Å². The quantitative estimate of drug-likeness (QED) is 0.397. The van der Waals surface area contributed by atoms with Crippen molar-refractivity contribution in [3.05, 3.63) is 24.3 Å². The minimum absolute atomic E-state index is 0. The highest BCUT2D eigenvalue weighted by Gasteiger charge is 2.19. The van der Waals surface area contributed by atoms with Crippen LogP contribution < -0.4 is 15.8 Å². The molecule has 0 aliphatic carbocycles. The maximum atomic E-state index is 5.98. The van der Waals surface area contributed by atoms with Gasteiger partial charge in [-0.2, -0.15) is 0 Å². The molecule has 1 aromatic rings. The molecule has 2 rings (SSSR count). The number of ether oxygens (including phenoxy) is 1. The smallest absolute Gasteiger partial charge is 0.193 e. The molecule has 1 aliphatic rings. The molecule has 1 aromatic carbocycles. The van der Waals surface area contributed by atoms with Crippen LogP contribution >= 0.6 is 24.0 Å². The molecule has 0 amide bonds. The lowest BCUT2D eigenvalue weighted by Crippen LogP contribution is -2.50. The lowest BCUT2D eigenvalue weighted by molar-refractivity contribution is 0.109. The van der Waals surface area contributed by atoms with E-state index in [2.05, 4.69) is 34.0 Å². The Morgan fingerprint density at radius 3 is 2.42 bits per heavy atom. The fraction of sp³-hybridized carbons (Fsp3) is 0.588. The van der Waals surface area contributed by atoms with Gasteiger partial charge in [-0.05, 0) is 37.7 Å². The van der Waals surface area contributed by atoms with E-state index in [9.17, 15) is 0 Å². The van der Waals surface area contributed by atoms with Crippen LogP contribution in [0.2, 0.25) is 0 Å². The normalized spacial score (nSPS) is 17.9. The van der Waals surface area contributed by atoms with Gasteiger partial charge in [-0.1, -0.05) is 6.92 Å². The van der Waals surface area contributed by atoms with E-state index in [0.717, 1.165) is 44.2 Å². The van der Waals surface area contributed by atoms with Crippen molar-refractivity contribution in [2.24, 2.45) is 10.7 Å². The average molecular weight is 447 g/mol. The van der Waals surface area contributed by atoms with E-state index in [-0.39, 0.29) is 24.0 Å². The summed E-state index contributed by atoms with van der Waals surface area (Å²) >= 11 is 0. The van der Waals surface area contributed by atoms with E-state index < -0.39 is 0 Å². The molecule has 1 heterocycles. The van der Waals surface area contributed by atoms with Crippen LogP contribution in [0.25, 0.3) is 0 Å². The Hall–Kier alpha value is -1.06. The highest BCUT2D eigenvalue weighted by Crippen LogP contribution is 2.14. The zero-order valence-electron chi connectivity index (χ0n) is 14.9. The Morgan fingerprint density at radius 1 is 1.25 bits per heavy atom. The number of halogens is 1. The van der Waals surface area contributed by atoms with Crippen molar-refractivity contribution in [1.82, 2.24) is 9.80 Å². The number of benzene rings is 1. The number of methoxy groups -OCH3 is 1. The van der Waals surface area contributed by atoms with Crippen molar-refractivity contribution >= 4 is 35.6 Å². The largest absolute Gasteiger partial charge is 0.497 e. The van der Waals surface area contributed by atoms with Crippen molar-refractivity contribution in [2.75, 3.05) is 51.7 Å². The maximum Gasteiger partial charge on any atom is 0.193 e. The van der Waals surface area contributed by atoms with Gasteiger partial charge in [0.15, 0.2) is 5.96 Å². The van der Waals surface area contributed by atoms with Gasteiger partial charge in [-0.25, -0.2) is 0 Å². The Balaban J connectivity index is 0.00000288. The Kier molecular flexibility index (Phi) is 9.38. The number of nitrogens with zero attached hydrogens (tertiary/aromatic N) is 3. The van der Waals surface area contributed by atoms with Crippen LogP contribution in [0.3, 0.4) is 0 Å². The third kappa shape index (κ3) is 6.45. The first-order valence-electron chi connectivity index (χ1n) is 8.29. The molecule has 0 aromatic heterocycles. The third-order valence-corrected chi connectivity index (χ3v) is 4.37. The van der Waals surface area contributed by atoms with E-state index in [1.54, 1.807) is 7.11 Å². The number of guanidine groups is 1. The molecule has 0 radical (unpaired) electrons. The molecule has 0 saturated carbocycles. The van der Waals surface area contributed by atoms with Crippen LogP contribution in [0.1, 0.15) is 13.8 Å². The average Bonchev–Trinajstić information content (AvgIpc) is 2.60. The van der Waals surface area contributed by atoms with Crippen molar-refractivity contribution in [3.8, 4) is 5.75 Å². The first-order chi connectivity index (χ1) is 11.1. The minimum Gasteiger partial charge on any atom is -0.497 e. The van der Waals surface area contributed by atoms with Gasteiger partial charge in [0.25, 0.3) is 0 Å². The summed E-state index contributed by atoms with van der Waals surface area (Å²) in [7, 11) is 1.65. The zero-order valence-corrected chi connectivity index (χ0v) is 17.2. The molecule has 1 fully saturated rings. The van der Waals surface area contributed by atoms with Gasteiger partial charge in [0.2, 0.25) is 0 Å². The second kappa shape index (κ2) is 10.7. The molecule has 0 bridgehead atoms. The van der Waals surface area contributed by atoms with Gasteiger partial charge in [0, 0.05) is 37.9 Å². The number of nitrogens with two attached hydrogens (primary N) is 1. The second-order valence-corrected chi connectivity index (χ2v) is 5.90. The Morgan fingerprint density at radius 2 is 1.88 bits per heavy atom. The lowest BCUT2D eigenvalue weighted by atomic mass is 10.2. The molecule has 1 saturated heterocycles. The molecule has 1 aliphatic heterocycles. The molecule has 3 N–H and O–H groups in total. The Bertz CT molecular complexity index is 500. The summed E-state index contributed by atoms with van der Waals surface area (Å²) in [6, 6.07) is 8.05. The summed E-state index contributed by atoms with van der Waals surface area (Å²) < 4.78 is 5.14. The van der Waals surface area contributed by atoms with Crippen molar-refractivity contribution in [2.45, 2.75) is 19.9 Å². The summed E-state index contributed by atoms with van der Waals surface area (Å²) in [5.74, 6) is 1.28. The number of hydrogen-bond acceptors (Lipinski definition) is 4. The lowest BCUT2D eigenvalue weighted by Gasteiger charge is -2.37. The first-order valence-corrected chi connectivity index (χ1v) is 8.29. The number of piperazine rings is 1. The SMILES string of the molecule is CCN1CCN(C(C)CN=C(N)Nc2ccc(OC)cc2)CC1.I. The van der Waals surface area contributed by atoms with Crippen LogP contribution in [-0.2, 0) is 0 Å². The van der Waals surface area contributed by atoms with Crippen molar-refractivity contribution in [3.63, 3.8) is 0 Å². The molecule has 7 heteroatoms. The summed E-state index contributed by atoms with van der Waals surface area (Å²) in [6.07, 6.45) is 0. The summed E-state index contributed by atoms with van der Waals surface area (Å²) in [4.78, 5) is 9.43. The monoisotopic (exact) mass is 447 g/mol. The van der Waals surface area contributed by atoms with Gasteiger partial charge in [0.05, 0.1) is 13.7 Å². The van der Waals surface area contributed by atoms with Gasteiger partial charge < -0.3 is 20.7 Å². The standard InChI is InChI=1S/C17H29N5O.HI/c1-4-21-9-11-22(12-10-21)14(2)13-19-17(18)20-15-5-7-16(23-3)8-6-15;/h5-8,14H,4,9-13H2,1-3H3,(H3,18,19,20);1H. The third-order valence-electron chi connectivity index (χ3n) is 4.37. The first kappa shape index (κ1) is 21.0. The van der Waals surface area contributed by atoms with Crippen LogP contribution in [0.4, 0.5) is 5.69 Å². The zero-order chi connectivity index (χ0) is 16.7. The number of aliphatic imine (C=N–C) groups is 1. The van der Waals surface area contributed by atoms with Crippen molar-refractivity contribution in [1.29, 1.82) is 0 Å². The minimum atomic E-state index is 0. The predicted molar refractivity (Wildman–Crippen MR) is 112 cm³/mol. The molecule has 24 heavy (non-hydrogen) atoms. The fourth-order valence-corrected chi connectivity index (χ4v) is 2.73. The van der Waals surface area contributed by atoms with E-state index in [1.165, 1.54) is 0 Å². The highest BCUT2D eigenvalue weighted by molar-refractivity contribution is 14.0. The predicted octanol–water partition coefficient (Wildman–Crippen LogP) is 2.07. The fourth-order valence-electron chi connectivity index (χ4n) is 2.73. The van der Waals surface area contributed by atoms with Gasteiger partial charge in [-0.3, -0.25) is 9.89 Å². The van der Waals surface area contributed by atoms with Crippen LogP contribution in [0.15, 0.2) is 29.3 Å². The molecular weight excluding hydrogens is 417 g/mol. The van der Waals surface area contributed by atoms with Gasteiger partial charge in [-0.15, -0.1) is 24.0 Å². The number of anilines is 1. The Labute approximate surface area is 162 Å². The number of likely N-dealkylation sites (N-methyl/N-ethyl adjacent to an activating group) is 1. The molecular formula is C17H30IN5O. The van der Waals surface area contributed by atoms with E-state index in [1.807, 2.05) is 24.3 Å². The van der Waals surface area contributed by atoms with E-state index in [0.29, 0.717) is 18.5 Å². The number of hydrogen-bond donors (Lipinski definition) is 2. The summed E-state index contributed by atoms with van der Waals surface area (Å²) in [6.45, 7) is 10.8. The van der Waals surface area contributed by atoms with Gasteiger partial charge >= 0.3 is 0 Å². The topological polar surface area (TPSA) is 66.1 Å². The van der Waals surface area contributed by atoms with Gasteiger partial charge in [0.1, 0.15) is 5.75 Å². The van der Waals surface area contributed by atoms with E-state index >= 15 is 0 Å². The summed E-state index contributed by atoms with van der Waals surface area (Å²) in [5.41, 5.74) is 6.89.